The fourth-order valence-corrected chi connectivity index (χ4v) is 1.72. The molecule has 0 aliphatic heterocycles. The monoisotopic (exact) mass is 299 g/mol. The third-order valence-corrected chi connectivity index (χ3v) is 2.60. The van der Waals surface area contributed by atoms with Crippen LogP contribution in [0.4, 0.5) is 0 Å². The Hall–Kier alpha value is -2.08. The number of carboxylic acids is 1. The second-order valence-corrected chi connectivity index (χ2v) is 4.51. The van der Waals surface area contributed by atoms with Gasteiger partial charge >= 0.3 is 11.9 Å². The van der Waals surface area contributed by atoms with Crippen molar-refractivity contribution < 1.29 is 24.2 Å². The third kappa shape index (κ3) is 5.71. The van der Waals surface area contributed by atoms with Gasteiger partial charge in [0.2, 0.25) is 0 Å². The molecule has 0 heterocycles. The first-order valence-corrected chi connectivity index (χ1v) is 6.16. The summed E-state index contributed by atoms with van der Waals surface area (Å²) in [5.41, 5.74) is 0.678. The molecular formula is C13H14ClNO5. The van der Waals surface area contributed by atoms with Crippen LogP contribution in [0.3, 0.4) is 0 Å². The number of esters is 1. The van der Waals surface area contributed by atoms with Crippen molar-refractivity contribution in [1.82, 2.24) is 5.32 Å². The lowest BCUT2D eigenvalue weighted by atomic mass is 10.1. The van der Waals surface area contributed by atoms with Gasteiger partial charge in [0.15, 0.2) is 6.61 Å². The van der Waals surface area contributed by atoms with E-state index in [0.717, 1.165) is 6.92 Å². The molecule has 7 heteroatoms. The number of halogens is 1. The molecule has 2 N–H and O–H groups in total. The fraction of sp³-hybridized carbons (Fsp3) is 0.308. The van der Waals surface area contributed by atoms with Crippen LogP contribution in [0.2, 0.25) is 5.02 Å². The van der Waals surface area contributed by atoms with Gasteiger partial charge in [-0.3, -0.25) is 9.59 Å². The molecule has 0 unspecified atom stereocenters. The number of nitrogens with one attached hydrogen (secondary N) is 1. The van der Waals surface area contributed by atoms with E-state index >= 15 is 0 Å². The van der Waals surface area contributed by atoms with Crippen molar-refractivity contribution in [2.24, 2.45) is 0 Å². The zero-order valence-electron chi connectivity index (χ0n) is 10.8. The highest BCUT2D eigenvalue weighted by Crippen LogP contribution is 2.12. The van der Waals surface area contributed by atoms with Crippen LogP contribution in [0.5, 0.6) is 0 Å². The van der Waals surface area contributed by atoms with E-state index in [2.05, 4.69) is 10.1 Å². The van der Waals surface area contributed by atoms with Gasteiger partial charge in [-0.15, -0.1) is 0 Å². The van der Waals surface area contributed by atoms with Gasteiger partial charge in [0.1, 0.15) is 6.04 Å². The largest absolute Gasteiger partial charge is 0.480 e. The van der Waals surface area contributed by atoms with Gasteiger partial charge in [-0.1, -0.05) is 23.7 Å². The Kier molecular flexibility index (Phi) is 5.99. The maximum atomic E-state index is 11.4. The molecule has 1 aromatic rings. The zero-order valence-corrected chi connectivity index (χ0v) is 11.5. The Morgan fingerprint density at radius 2 is 2.10 bits per heavy atom. The number of hydrogen-bond acceptors (Lipinski definition) is 4. The molecule has 108 valence electrons. The Morgan fingerprint density at radius 1 is 1.40 bits per heavy atom. The van der Waals surface area contributed by atoms with Crippen molar-refractivity contribution in [3.05, 3.63) is 34.9 Å². The number of benzene rings is 1. The molecular weight excluding hydrogens is 286 g/mol. The van der Waals surface area contributed by atoms with E-state index in [4.69, 9.17) is 16.7 Å². The molecule has 20 heavy (non-hydrogen) atoms. The van der Waals surface area contributed by atoms with Crippen LogP contribution in [-0.4, -0.2) is 35.6 Å². The summed E-state index contributed by atoms with van der Waals surface area (Å²) >= 11 is 5.81. The maximum Gasteiger partial charge on any atom is 0.326 e. The minimum atomic E-state index is -1.18. The second kappa shape index (κ2) is 7.49. The lowest BCUT2D eigenvalue weighted by molar-refractivity contribution is -0.148. The van der Waals surface area contributed by atoms with Crippen LogP contribution in [-0.2, 0) is 25.5 Å². The van der Waals surface area contributed by atoms with Crippen LogP contribution >= 0.6 is 11.6 Å². The molecule has 0 fully saturated rings. The fourth-order valence-electron chi connectivity index (χ4n) is 1.50. The smallest absolute Gasteiger partial charge is 0.326 e. The van der Waals surface area contributed by atoms with Crippen LogP contribution in [0, 0.1) is 0 Å². The first-order valence-electron chi connectivity index (χ1n) is 5.78. The summed E-state index contributed by atoms with van der Waals surface area (Å²) in [6.45, 7) is 0.655. The van der Waals surface area contributed by atoms with E-state index in [0.29, 0.717) is 10.6 Å². The lowest BCUT2D eigenvalue weighted by Gasteiger charge is -2.14. The minimum absolute atomic E-state index is 0.0850. The number of hydrogen-bond donors (Lipinski definition) is 2. The molecule has 6 nitrogen and oxygen atoms in total. The average molecular weight is 300 g/mol. The summed E-state index contributed by atoms with van der Waals surface area (Å²) in [6.07, 6.45) is 0.0850. The van der Waals surface area contributed by atoms with Gasteiger partial charge in [-0.25, -0.2) is 4.79 Å². The quantitative estimate of drug-likeness (QED) is 0.765. The highest BCUT2D eigenvalue weighted by molar-refractivity contribution is 6.30. The molecule has 0 aromatic heterocycles. The number of carboxylic acid groups (broad SMARTS) is 1. The summed E-state index contributed by atoms with van der Waals surface area (Å²) in [5, 5.41) is 11.8. The van der Waals surface area contributed by atoms with Gasteiger partial charge in [-0.2, -0.15) is 0 Å². The standard InChI is InChI=1S/C13H14ClNO5/c1-8(16)20-7-12(17)15-11(13(18)19)6-9-3-2-4-10(14)5-9/h2-5,11H,6-7H2,1H3,(H,15,17)(H,18,19)/t11-/m0/s1. The summed E-state index contributed by atoms with van der Waals surface area (Å²) in [4.78, 5) is 33.1. The highest BCUT2D eigenvalue weighted by atomic mass is 35.5. The Morgan fingerprint density at radius 3 is 2.65 bits per heavy atom. The van der Waals surface area contributed by atoms with Crippen molar-refractivity contribution in [1.29, 1.82) is 0 Å². The van der Waals surface area contributed by atoms with Gasteiger partial charge in [0, 0.05) is 18.4 Å². The first-order chi connectivity index (χ1) is 9.38. The summed E-state index contributed by atoms with van der Waals surface area (Å²) in [6, 6.07) is 5.57. The maximum absolute atomic E-state index is 11.4. The molecule has 0 saturated carbocycles. The molecule has 0 radical (unpaired) electrons. The van der Waals surface area contributed by atoms with Crippen molar-refractivity contribution in [2.75, 3.05) is 6.61 Å². The molecule has 0 saturated heterocycles. The first kappa shape index (κ1) is 16.0. The Bertz CT molecular complexity index is 517. The van der Waals surface area contributed by atoms with Crippen LogP contribution < -0.4 is 5.32 Å². The predicted octanol–water partition coefficient (Wildman–Crippen LogP) is 1.01. The molecule has 0 bridgehead atoms. The predicted molar refractivity (Wildman–Crippen MR) is 71.4 cm³/mol. The summed E-state index contributed by atoms with van der Waals surface area (Å²) in [5.74, 6) is -2.46. The normalized spacial score (nSPS) is 11.5. The van der Waals surface area contributed by atoms with E-state index < -0.39 is 30.5 Å². The van der Waals surface area contributed by atoms with Crippen LogP contribution in [0.15, 0.2) is 24.3 Å². The Labute approximate surface area is 120 Å². The molecule has 1 atom stereocenters. The summed E-state index contributed by atoms with van der Waals surface area (Å²) in [7, 11) is 0. The molecule has 0 spiro atoms. The van der Waals surface area contributed by atoms with Gasteiger partial charge in [0.05, 0.1) is 0 Å². The number of carbonyl (C=O) groups excluding carboxylic acids is 2. The molecule has 1 aromatic carbocycles. The van der Waals surface area contributed by atoms with Crippen molar-refractivity contribution in [3.8, 4) is 0 Å². The van der Waals surface area contributed by atoms with E-state index in [9.17, 15) is 14.4 Å². The van der Waals surface area contributed by atoms with Crippen LogP contribution in [0.1, 0.15) is 12.5 Å². The minimum Gasteiger partial charge on any atom is -0.480 e. The molecule has 0 aliphatic carbocycles. The number of aliphatic carboxylic acids is 1. The van der Waals surface area contributed by atoms with Gasteiger partial charge in [-0.05, 0) is 17.7 Å². The SMILES string of the molecule is CC(=O)OCC(=O)N[C@@H](Cc1cccc(Cl)c1)C(=O)O. The average Bonchev–Trinajstić information content (AvgIpc) is 2.35. The van der Waals surface area contributed by atoms with Crippen molar-refractivity contribution in [2.45, 2.75) is 19.4 Å². The van der Waals surface area contributed by atoms with Gasteiger partial charge in [0.25, 0.3) is 5.91 Å². The van der Waals surface area contributed by atoms with E-state index in [1.807, 2.05) is 0 Å². The zero-order chi connectivity index (χ0) is 15.1. The van der Waals surface area contributed by atoms with Crippen molar-refractivity contribution in [3.63, 3.8) is 0 Å². The lowest BCUT2D eigenvalue weighted by Crippen LogP contribution is -2.44. The van der Waals surface area contributed by atoms with Gasteiger partial charge < -0.3 is 15.2 Å². The topological polar surface area (TPSA) is 92.7 Å². The van der Waals surface area contributed by atoms with E-state index in [1.54, 1.807) is 24.3 Å². The van der Waals surface area contributed by atoms with E-state index in [-0.39, 0.29) is 6.42 Å². The number of carbonyl (C=O) groups is 3. The number of ether oxygens (including phenoxy) is 1. The number of amides is 1. The van der Waals surface area contributed by atoms with Crippen LogP contribution in [0.25, 0.3) is 0 Å². The highest BCUT2D eigenvalue weighted by Gasteiger charge is 2.20. The third-order valence-electron chi connectivity index (χ3n) is 2.37. The Balaban J connectivity index is 2.63. The van der Waals surface area contributed by atoms with E-state index in [1.165, 1.54) is 0 Å². The molecule has 1 rings (SSSR count). The van der Waals surface area contributed by atoms with Crippen molar-refractivity contribution >= 4 is 29.4 Å². The summed E-state index contributed by atoms with van der Waals surface area (Å²) < 4.78 is 4.49. The number of rotatable bonds is 6. The molecule has 0 aliphatic rings. The molecule has 1 amide bonds. The second-order valence-electron chi connectivity index (χ2n) is 4.07.